The van der Waals surface area contributed by atoms with Gasteiger partial charge in [0.25, 0.3) is 0 Å². The van der Waals surface area contributed by atoms with E-state index in [1.165, 1.54) is 0 Å². The summed E-state index contributed by atoms with van der Waals surface area (Å²) in [7, 11) is 0. The fraction of sp³-hybridized carbons (Fsp3) is 0.833. The zero-order chi connectivity index (χ0) is 55.7. The number of amides is 3. The fourth-order valence-corrected chi connectivity index (χ4v) is 4.59. The van der Waals surface area contributed by atoms with Crippen molar-refractivity contribution in [3.8, 4) is 0 Å². The molecule has 0 saturated carbocycles. The standard InChI is InChI=1S/2C14H27NO4.C10H19NO4.2C5H11NO2/c2*1-8-9-10(11(16)18-13(2,3)4)15-12(17)19-14(5,6)7;1-5-6-7(8(12)13)11-9(14)15-10(2,3)4;2*1-2-3-4(6)5(7)8/h2*10H,8-9H2,1-7H3,(H,15,17);7H,5-6H2,1-4H3,(H,11,14)(H,12,13);2*4H,2-3,6H2,1H3,(H,7,8)/t2*10-;7-;2*4-/m11111/s1/i2*9+1,15+1;6+1,11+1;2*3+1,6+1. The SMILES string of the molecule is CC[13CH2][C@@H]([15NH2])C(=O)O.CC[13CH2][C@@H]([15NH2])C(=O)O.CC[13CH2][C@@H]([15NH]C(=O)OC(C)(C)C)C(=O)O.CC[13CH2][C@@H]([15NH]C(=O)OC(C)(C)C)C(=O)OC(C)(C)C.CC[13CH2][C@@H]([15NH]C(=O)OC(C)(C)C)C(=O)OC(C)(C)C. The Balaban J connectivity index is -0.000000258. The molecule has 5 atom stereocenters. The topological polar surface area (TPSA) is 332 Å². The summed E-state index contributed by atoms with van der Waals surface area (Å²) in [6.45, 7) is 36.1. The molecule has 0 fully saturated rings. The molecular formula is C48H95N5O16. The van der Waals surface area contributed by atoms with Crippen molar-refractivity contribution in [3.05, 3.63) is 0 Å². The lowest BCUT2D eigenvalue weighted by molar-refractivity contribution is -0.158. The zero-order valence-corrected chi connectivity index (χ0v) is 45.8. The number of esters is 2. The molecule has 0 aliphatic carbocycles. The van der Waals surface area contributed by atoms with Crippen molar-refractivity contribution in [1.82, 2.24) is 16.0 Å². The highest BCUT2D eigenvalue weighted by atomic mass is 16.6. The van der Waals surface area contributed by atoms with Crippen molar-refractivity contribution < 1.29 is 77.4 Å². The molecule has 21 heteroatoms. The molecule has 0 heterocycles. The highest BCUT2D eigenvalue weighted by molar-refractivity contribution is 5.82. The van der Waals surface area contributed by atoms with Crippen LogP contribution in [0, 0.1) is 0 Å². The Bertz CT molecular complexity index is 1420. The second-order valence-corrected chi connectivity index (χ2v) is 20.8. The first kappa shape index (κ1) is 73.1. The minimum absolute atomic E-state index is 0.397. The third-order valence-electron chi connectivity index (χ3n) is 7.32. The van der Waals surface area contributed by atoms with Gasteiger partial charge in [0, 0.05) is 0 Å². The van der Waals surface area contributed by atoms with Gasteiger partial charge in [-0.1, -0.05) is 66.7 Å². The molecule has 0 aliphatic rings. The number of nitrogens with two attached hydrogens (primary N) is 2. The Morgan fingerprint density at radius 1 is 0.362 bits per heavy atom. The lowest BCUT2D eigenvalue weighted by Gasteiger charge is -2.26. The molecule has 0 aromatic heterocycles. The number of carboxylic acids is 3. The molecule has 0 spiro atoms. The number of carboxylic acid groups (broad SMARTS) is 3. The van der Waals surface area contributed by atoms with Crippen molar-refractivity contribution in [3.63, 3.8) is 0 Å². The van der Waals surface area contributed by atoms with Gasteiger partial charge in [-0.2, -0.15) is 0 Å². The first-order valence-electron chi connectivity index (χ1n) is 23.6. The van der Waals surface area contributed by atoms with Crippen molar-refractivity contribution in [1.29, 1.82) is 0 Å². The predicted molar refractivity (Wildman–Crippen MR) is 265 cm³/mol. The lowest BCUT2D eigenvalue weighted by Crippen LogP contribution is -2.45. The molecule has 0 aliphatic heterocycles. The third kappa shape index (κ3) is 52.3. The Morgan fingerprint density at radius 3 is 0.725 bits per heavy atom. The van der Waals surface area contributed by atoms with Gasteiger partial charge in [-0.05, 0) is 136 Å². The molecule has 10 N–H and O–H groups in total. The second-order valence-electron chi connectivity index (χ2n) is 20.8. The highest BCUT2D eigenvalue weighted by Crippen LogP contribution is 2.14. The van der Waals surface area contributed by atoms with Gasteiger partial charge in [0.15, 0.2) is 0 Å². The number of aliphatic carboxylic acids is 3. The van der Waals surface area contributed by atoms with Gasteiger partial charge in [-0.25, -0.2) is 28.8 Å². The van der Waals surface area contributed by atoms with Crippen LogP contribution in [0.3, 0.4) is 0 Å². The summed E-state index contributed by atoms with van der Waals surface area (Å²) in [5.74, 6) is -3.72. The first-order chi connectivity index (χ1) is 31.0. The number of nitrogens with one attached hydrogen (secondary N) is 3. The molecule has 0 bridgehead atoms. The van der Waals surface area contributed by atoms with Gasteiger partial charge < -0.3 is 66.4 Å². The summed E-state index contributed by atoms with van der Waals surface area (Å²) in [5.41, 5.74) is 7.32. The Labute approximate surface area is 412 Å². The van der Waals surface area contributed by atoms with Crippen molar-refractivity contribution in [2.24, 2.45) is 11.5 Å². The van der Waals surface area contributed by atoms with Crippen LogP contribution in [-0.2, 0) is 47.7 Å². The molecule has 0 unspecified atom stereocenters. The van der Waals surface area contributed by atoms with E-state index < -0.39 is 106 Å². The maximum Gasteiger partial charge on any atom is 0.408 e. The quantitative estimate of drug-likeness (QED) is 0.0277. The van der Waals surface area contributed by atoms with Crippen LogP contribution in [0.1, 0.15) is 203 Å². The number of carbonyl (C=O) groups is 8. The van der Waals surface area contributed by atoms with Gasteiger partial charge in [-0.3, -0.25) is 9.59 Å². The minimum atomic E-state index is -1.04. The van der Waals surface area contributed by atoms with E-state index in [0.29, 0.717) is 38.5 Å². The molecule has 3 amide bonds. The van der Waals surface area contributed by atoms with Gasteiger partial charge in [0.1, 0.15) is 58.2 Å². The van der Waals surface area contributed by atoms with Gasteiger partial charge >= 0.3 is 48.1 Å². The largest absolute Gasteiger partial charge is 0.480 e. The summed E-state index contributed by atoms with van der Waals surface area (Å²) < 4.78 is 25.8. The molecule has 0 aromatic carbocycles. The van der Waals surface area contributed by atoms with Gasteiger partial charge in [0.2, 0.25) is 0 Å². The van der Waals surface area contributed by atoms with Crippen molar-refractivity contribution in [2.75, 3.05) is 0 Å². The normalized spacial score (nSPS) is 13.4. The fourth-order valence-electron chi connectivity index (χ4n) is 4.59. The summed E-state index contributed by atoms with van der Waals surface area (Å²) in [4.78, 5) is 89.2. The highest BCUT2D eigenvalue weighted by Gasteiger charge is 2.30. The average molecular weight is 1010 g/mol. The number of carbonyl (C=O) groups excluding carboxylic acids is 5. The van der Waals surface area contributed by atoms with E-state index in [4.69, 9.17) is 50.5 Å². The second kappa shape index (κ2) is 36.1. The molecule has 0 saturated heterocycles. The van der Waals surface area contributed by atoms with E-state index >= 15 is 0 Å². The summed E-state index contributed by atoms with van der Waals surface area (Å²) >= 11 is 0. The van der Waals surface area contributed by atoms with E-state index in [-0.39, 0.29) is 0 Å². The summed E-state index contributed by atoms with van der Waals surface area (Å²) in [6, 6.07) is -3.54. The molecular weight excluding hydrogens is 912 g/mol. The van der Waals surface area contributed by atoms with E-state index in [0.717, 1.165) is 25.7 Å². The number of alkyl carbamates (subject to hydrolysis) is 3. The van der Waals surface area contributed by atoms with Crippen LogP contribution < -0.4 is 27.4 Å². The maximum atomic E-state index is 12.0. The minimum Gasteiger partial charge on any atom is -0.480 e. The van der Waals surface area contributed by atoms with E-state index in [2.05, 4.69) is 16.0 Å². The van der Waals surface area contributed by atoms with Crippen LogP contribution in [0.4, 0.5) is 14.4 Å². The molecule has 408 valence electrons. The Hall–Kier alpha value is -4.92. The van der Waals surface area contributed by atoms with E-state index in [9.17, 15) is 38.4 Å². The molecule has 69 heavy (non-hydrogen) atoms. The molecule has 0 rings (SSSR count). The maximum absolute atomic E-state index is 12.0. The smallest absolute Gasteiger partial charge is 0.408 e. The molecule has 21 nitrogen and oxygen atoms in total. The van der Waals surface area contributed by atoms with E-state index in [1.54, 1.807) is 104 Å². The average Bonchev–Trinajstić information content (AvgIpc) is 3.12. The lowest BCUT2D eigenvalue weighted by atomic mass is 10.2. The van der Waals surface area contributed by atoms with Gasteiger partial charge in [0.05, 0.1) is 0 Å². The number of hydrogen-bond donors (Lipinski definition) is 8. The summed E-state index contributed by atoms with van der Waals surface area (Å²) in [5, 5.41) is 32.6. The van der Waals surface area contributed by atoms with E-state index in [1.807, 2.05) is 34.6 Å². The van der Waals surface area contributed by atoms with Crippen LogP contribution in [0.25, 0.3) is 0 Å². The number of rotatable bonds is 18. The van der Waals surface area contributed by atoms with Crippen LogP contribution in [0.15, 0.2) is 0 Å². The van der Waals surface area contributed by atoms with Gasteiger partial charge in [-0.15, -0.1) is 0 Å². The predicted octanol–water partition coefficient (Wildman–Crippen LogP) is 8.20. The Morgan fingerprint density at radius 2 is 0.565 bits per heavy atom. The monoisotopic (exact) mass is 1010 g/mol. The van der Waals surface area contributed by atoms with Crippen LogP contribution >= 0.6 is 0 Å². The van der Waals surface area contributed by atoms with Crippen LogP contribution in [0.5, 0.6) is 0 Å². The third-order valence-corrected chi connectivity index (χ3v) is 7.32. The Kier molecular flexibility index (Phi) is 38.2. The van der Waals surface area contributed by atoms with Crippen molar-refractivity contribution in [2.45, 2.75) is 261 Å². The van der Waals surface area contributed by atoms with Crippen LogP contribution in [0.2, 0.25) is 0 Å². The molecule has 0 aromatic rings. The van der Waals surface area contributed by atoms with Crippen LogP contribution in [-0.4, -0.2) is 122 Å². The molecule has 0 radical (unpaired) electrons. The number of ether oxygens (including phenoxy) is 5. The zero-order valence-electron chi connectivity index (χ0n) is 45.8. The first-order valence-corrected chi connectivity index (χ1v) is 23.6. The van der Waals surface area contributed by atoms with Crippen molar-refractivity contribution >= 4 is 48.1 Å². The summed E-state index contributed by atoms with van der Waals surface area (Å²) in [6.07, 6.45) is 4.55. The number of hydrogen-bond acceptors (Lipinski definition) is 15.